The highest BCUT2D eigenvalue weighted by Gasteiger charge is 2.24. The average Bonchev–Trinajstić information content (AvgIpc) is 2.69. The van der Waals surface area contributed by atoms with Crippen LogP contribution in [0, 0.1) is 0 Å². The van der Waals surface area contributed by atoms with Crippen molar-refractivity contribution in [1.82, 2.24) is 4.31 Å². The summed E-state index contributed by atoms with van der Waals surface area (Å²) in [7, 11) is -7.47. The number of carbonyl (C=O) groups excluding carboxylic acids is 1. The number of hydrogen-bond donors (Lipinski definition) is 1. The molecule has 8 nitrogen and oxygen atoms in total. The molecular weight excluding hydrogens is 485 g/mol. The predicted molar refractivity (Wildman–Crippen MR) is 124 cm³/mol. The van der Waals surface area contributed by atoms with Gasteiger partial charge in [-0.1, -0.05) is 43.1 Å². The Hall–Kier alpha value is -1.85. The molecule has 0 bridgehead atoms. The summed E-state index contributed by atoms with van der Waals surface area (Å²) < 4.78 is 51.7. The van der Waals surface area contributed by atoms with E-state index in [2.05, 4.69) is 5.32 Å². The number of halogens is 2. The molecule has 2 aromatic rings. The zero-order valence-electron chi connectivity index (χ0n) is 17.2. The van der Waals surface area contributed by atoms with Gasteiger partial charge < -0.3 is 5.32 Å². The molecule has 0 aliphatic carbocycles. The highest BCUT2D eigenvalue weighted by atomic mass is 35.5. The Morgan fingerprint density at radius 3 is 2.06 bits per heavy atom. The van der Waals surface area contributed by atoms with Gasteiger partial charge in [0, 0.05) is 18.8 Å². The Labute approximate surface area is 192 Å². The molecule has 12 heteroatoms. The Balaban J connectivity index is 2.21. The second-order valence-electron chi connectivity index (χ2n) is 6.50. The smallest absolute Gasteiger partial charge is 0.245 e. The van der Waals surface area contributed by atoms with Gasteiger partial charge in [-0.05, 0) is 36.4 Å². The Morgan fingerprint density at radius 2 is 1.55 bits per heavy atom. The monoisotopic (exact) mass is 507 g/mol. The Kier molecular flexibility index (Phi) is 8.34. The van der Waals surface area contributed by atoms with Gasteiger partial charge in [0.15, 0.2) is 0 Å². The molecule has 31 heavy (non-hydrogen) atoms. The number of hydrogen-bond acceptors (Lipinski definition) is 5. The van der Waals surface area contributed by atoms with Gasteiger partial charge in [0.2, 0.25) is 26.0 Å². The fourth-order valence-electron chi connectivity index (χ4n) is 2.82. The minimum atomic E-state index is -3.84. The van der Waals surface area contributed by atoms with Crippen molar-refractivity contribution >= 4 is 60.5 Å². The van der Waals surface area contributed by atoms with Crippen LogP contribution in [-0.4, -0.2) is 52.9 Å². The molecule has 0 aliphatic rings. The topological polar surface area (TPSA) is 104 Å². The van der Waals surface area contributed by atoms with Crippen molar-refractivity contribution in [3.8, 4) is 0 Å². The lowest BCUT2D eigenvalue weighted by Gasteiger charge is -2.23. The largest absolute Gasteiger partial charge is 0.325 e. The summed E-state index contributed by atoms with van der Waals surface area (Å²) in [5.41, 5.74) is 0.390. The number of amides is 1. The molecule has 0 saturated carbocycles. The maximum Gasteiger partial charge on any atom is 0.245 e. The van der Waals surface area contributed by atoms with Gasteiger partial charge in [0.1, 0.15) is 6.54 Å². The highest BCUT2D eigenvalue weighted by molar-refractivity contribution is 7.92. The van der Waals surface area contributed by atoms with Crippen LogP contribution >= 0.6 is 23.2 Å². The number of nitrogens with one attached hydrogen (secondary N) is 1. The number of sulfonamides is 2. The number of nitrogens with zero attached hydrogens (tertiary/aromatic N) is 2. The molecule has 0 saturated heterocycles. The first-order valence-electron chi connectivity index (χ1n) is 9.23. The van der Waals surface area contributed by atoms with Crippen LogP contribution < -0.4 is 9.62 Å². The molecule has 2 aromatic carbocycles. The molecule has 0 unspecified atom stereocenters. The molecule has 170 valence electrons. The van der Waals surface area contributed by atoms with E-state index in [4.69, 9.17) is 23.2 Å². The minimum Gasteiger partial charge on any atom is -0.325 e. The first-order valence-corrected chi connectivity index (χ1v) is 13.3. The van der Waals surface area contributed by atoms with Crippen molar-refractivity contribution in [1.29, 1.82) is 0 Å². The predicted octanol–water partition coefficient (Wildman–Crippen LogP) is 3.43. The fraction of sp³-hybridized carbons (Fsp3) is 0.316. The van der Waals surface area contributed by atoms with E-state index in [0.29, 0.717) is 18.8 Å². The zero-order valence-corrected chi connectivity index (χ0v) is 20.3. The van der Waals surface area contributed by atoms with Crippen LogP contribution in [0.5, 0.6) is 0 Å². The Bertz CT molecular complexity index is 1150. The van der Waals surface area contributed by atoms with Crippen molar-refractivity contribution in [2.75, 3.05) is 35.5 Å². The molecule has 0 aliphatic heterocycles. The highest BCUT2D eigenvalue weighted by Crippen LogP contribution is 2.33. The first-order chi connectivity index (χ1) is 14.4. The van der Waals surface area contributed by atoms with Gasteiger partial charge >= 0.3 is 0 Å². The van der Waals surface area contributed by atoms with Crippen LogP contribution in [0.2, 0.25) is 10.0 Å². The second kappa shape index (κ2) is 10.2. The average molecular weight is 508 g/mol. The number of anilines is 2. The van der Waals surface area contributed by atoms with E-state index in [1.165, 1.54) is 46.8 Å². The maximum absolute atomic E-state index is 12.5. The number of carbonyl (C=O) groups is 1. The molecular formula is C19H23Cl2N3O5S2. The van der Waals surface area contributed by atoms with Crippen LogP contribution in [0.1, 0.15) is 13.8 Å². The SMILES string of the molecule is CCN(CC)S(=O)(=O)c1ccc(NC(=O)CN(c2cccc(Cl)c2Cl)S(C)(=O)=O)cc1. The Morgan fingerprint density at radius 1 is 0.968 bits per heavy atom. The lowest BCUT2D eigenvalue weighted by molar-refractivity contribution is -0.114. The first kappa shape index (κ1) is 25.4. The van der Waals surface area contributed by atoms with Crippen molar-refractivity contribution in [3.05, 3.63) is 52.5 Å². The molecule has 1 amide bonds. The summed E-state index contributed by atoms with van der Waals surface area (Å²) in [6, 6.07) is 10.1. The van der Waals surface area contributed by atoms with Crippen LogP contribution in [0.25, 0.3) is 0 Å². The third-order valence-corrected chi connectivity index (χ3v) is 8.37. The van der Waals surface area contributed by atoms with Crippen molar-refractivity contribution in [3.63, 3.8) is 0 Å². The van der Waals surface area contributed by atoms with Gasteiger partial charge in [-0.2, -0.15) is 4.31 Å². The fourth-order valence-corrected chi connectivity index (χ4v) is 5.59. The molecule has 0 atom stereocenters. The van der Waals surface area contributed by atoms with Crippen molar-refractivity contribution in [2.45, 2.75) is 18.7 Å². The third kappa shape index (κ3) is 6.11. The molecule has 0 radical (unpaired) electrons. The lowest BCUT2D eigenvalue weighted by atomic mass is 10.3. The van der Waals surface area contributed by atoms with Crippen molar-refractivity contribution in [2.24, 2.45) is 0 Å². The van der Waals surface area contributed by atoms with Gasteiger partial charge in [-0.3, -0.25) is 9.10 Å². The number of rotatable bonds is 9. The van der Waals surface area contributed by atoms with Crippen LogP contribution in [0.4, 0.5) is 11.4 Å². The third-order valence-electron chi connectivity index (χ3n) is 4.37. The summed E-state index contributed by atoms with van der Waals surface area (Å²) in [6.07, 6.45) is 0.949. The molecule has 0 heterocycles. The lowest BCUT2D eigenvalue weighted by Crippen LogP contribution is -2.37. The summed E-state index contributed by atoms with van der Waals surface area (Å²) in [5.74, 6) is -0.638. The molecule has 1 N–H and O–H groups in total. The molecule has 0 aromatic heterocycles. The van der Waals surface area contributed by atoms with E-state index >= 15 is 0 Å². The van der Waals surface area contributed by atoms with E-state index in [9.17, 15) is 21.6 Å². The molecule has 0 fully saturated rings. The van der Waals surface area contributed by atoms with E-state index in [-0.39, 0.29) is 20.6 Å². The maximum atomic E-state index is 12.5. The summed E-state index contributed by atoms with van der Waals surface area (Å²) >= 11 is 12.1. The van der Waals surface area contributed by atoms with E-state index < -0.39 is 32.5 Å². The van der Waals surface area contributed by atoms with E-state index in [0.717, 1.165) is 10.6 Å². The standard InChI is InChI=1S/C19H23Cl2N3O5S2/c1-4-23(5-2)31(28,29)15-11-9-14(10-12-15)22-18(25)13-24(30(3,26)27)17-8-6-7-16(20)19(17)21/h6-12H,4-5,13H2,1-3H3,(H,22,25). The van der Waals surface area contributed by atoms with Gasteiger partial charge in [-0.25, -0.2) is 16.8 Å². The summed E-state index contributed by atoms with van der Waals surface area (Å²) in [6.45, 7) is 3.62. The zero-order chi connectivity index (χ0) is 23.4. The van der Waals surface area contributed by atoms with Crippen LogP contribution in [0.15, 0.2) is 47.4 Å². The van der Waals surface area contributed by atoms with E-state index in [1.54, 1.807) is 13.8 Å². The minimum absolute atomic E-state index is 0.00773. The van der Waals surface area contributed by atoms with Gasteiger partial charge in [0.25, 0.3) is 0 Å². The summed E-state index contributed by atoms with van der Waals surface area (Å²) in [4.78, 5) is 12.6. The quantitative estimate of drug-likeness (QED) is 0.559. The van der Waals surface area contributed by atoms with Crippen LogP contribution in [0.3, 0.4) is 0 Å². The van der Waals surface area contributed by atoms with Crippen LogP contribution in [-0.2, 0) is 24.8 Å². The van der Waals surface area contributed by atoms with Gasteiger partial charge in [-0.15, -0.1) is 0 Å². The summed E-state index contributed by atoms with van der Waals surface area (Å²) in [5, 5.41) is 2.71. The van der Waals surface area contributed by atoms with Crippen molar-refractivity contribution < 1.29 is 21.6 Å². The molecule has 2 rings (SSSR count). The normalized spacial score (nSPS) is 12.1. The molecule has 0 spiro atoms. The van der Waals surface area contributed by atoms with Gasteiger partial charge in [0.05, 0.1) is 26.9 Å². The number of benzene rings is 2. The second-order valence-corrected chi connectivity index (χ2v) is 11.1. The van der Waals surface area contributed by atoms with E-state index in [1.807, 2.05) is 0 Å².